The van der Waals surface area contributed by atoms with E-state index in [4.69, 9.17) is 14.2 Å². The SMILES string of the molecule is CCOC(=O)C1=C(C)N=c2s/c(=C/c3ccc(Sc4nc(C)cc(=O)[nH]4)c([N+](=O)[O-])c3)c(=O)n2[C@@H]1c1cc(OC)ccc1OC. The first-order chi connectivity index (χ1) is 21.5. The van der Waals surface area contributed by atoms with Crippen molar-refractivity contribution in [2.24, 2.45) is 4.99 Å². The zero-order valence-corrected chi connectivity index (χ0v) is 26.4. The quantitative estimate of drug-likeness (QED) is 0.123. The van der Waals surface area contributed by atoms with Crippen LogP contribution in [0, 0.1) is 17.0 Å². The van der Waals surface area contributed by atoms with E-state index in [0.29, 0.717) is 38.8 Å². The van der Waals surface area contributed by atoms with Crippen molar-refractivity contribution in [2.45, 2.75) is 36.9 Å². The molecule has 45 heavy (non-hydrogen) atoms. The molecule has 0 saturated heterocycles. The number of carbonyl (C=O) groups is 1. The minimum Gasteiger partial charge on any atom is -0.497 e. The molecule has 0 bridgehead atoms. The van der Waals surface area contributed by atoms with Gasteiger partial charge >= 0.3 is 5.97 Å². The number of H-pyrrole nitrogens is 1. The number of methoxy groups -OCH3 is 2. The summed E-state index contributed by atoms with van der Waals surface area (Å²) in [6, 6.07) is 9.94. The van der Waals surface area contributed by atoms with E-state index in [1.807, 2.05) is 0 Å². The van der Waals surface area contributed by atoms with E-state index in [2.05, 4.69) is 15.0 Å². The number of fused-ring (bicyclic) bond motifs is 1. The molecule has 4 aromatic rings. The summed E-state index contributed by atoms with van der Waals surface area (Å²) in [6.07, 6.45) is 1.53. The number of aromatic amines is 1. The van der Waals surface area contributed by atoms with Crippen LogP contribution in [0.25, 0.3) is 6.08 Å². The summed E-state index contributed by atoms with van der Waals surface area (Å²) in [6.45, 7) is 5.12. The smallest absolute Gasteiger partial charge is 0.338 e. The molecule has 0 radical (unpaired) electrons. The van der Waals surface area contributed by atoms with Gasteiger partial charge in [0.15, 0.2) is 9.96 Å². The minimum absolute atomic E-state index is 0.116. The summed E-state index contributed by atoms with van der Waals surface area (Å²) in [5.41, 5.74) is 0.822. The highest BCUT2D eigenvalue weighted by molar-refractivity contribution is 7.99. The summed E-state index contributed by atoms with van der Waals surface area (Å²) in [5.74, 6) is 0.275. The Hall–Kier alpha value is -5.02. The number of aryl methyl sites for hydroxylation is 1. The first-order valence-corrected chi connectivity index (χ1v) is 15.1. The fourth-order valence-corrected chi connectivity index (χ4v) is 6.82. The van der Waals surface area contributed by atoms with E-state index in [0.717, 1.165) is 23.1 Å². The lowest BCUT2D eigenvalue weighted by Crippen LogP contribution is -2.40. The summed E-state index contributed by atoms with van der Waals surface area (Å²) in [4.78, 5) is 62.6. The number of ether oxygens (including phenoxy) is 3. The van der Waals surface area contributed by atoms with Crippen LogP contribution in [0.15, 0.2) is 78.4 Å². The molecule has 2 aromatic carbocycles. The van der Waals surface area contributed by atoms with Crippen molar-refractivity contribution in [3.8, 4) is 11.5 Å². The molecule has 0 amide bonds. The first kappa shape index (κ1) is 31.4. The number of nitrogens with one attached hydrogen (secondary N) is 1. The Bertz CT molecular complexity index is 2120. The Morgan fingerprint density at radius 2 is 1.93 bits per heavy atom. The van der Waals surface area contributed by atoms with Gasteiger partial charge in [-0.1, -0.05) is 17.4 Å². The number of hydrogen-bond acceptors (Lipinski definition) is 12. The third kappa shape index (κ3) is 6.30. The van der Waals surface area contributed by atoms with Crippen LogP contribution in [-0.2, 0) is 9.53 Å². The van der Waals surface area contributed by atoms with Gasteiger partial charge in [-0.05, 0) is 68.4 Å². The average Bonchev–Trinajstić information content (AvgIpc) is 3.30. The molecule has 1 aliphatic rings. The molecule has 13 nitrogen and oxygen atoms in total. The first-order valence-electron chi connectivity index (χ1n) is 13.5. The van der Waals surface area contributed by atoms with Gasteiger partial charge in [0, 0.05) is 23.4 Å². The normalized spacial score (nSPS) is 14.5. The van der Waals surface area contributed by atoms with Crippen LogP contribution >= 0.6 is 23.1 Å². The number of nitro groups is 1. The number of rotatable bonds is 9. The van der Waals surface area contributed by atoms with Crippen molar-refractivity contribution >= 4 is 40.8 Å². The van der Waals surface area contributed by atoms with E-state index >= 15 is 0 Å². The van der Waals surface area contributed by atoms with Crippen LogP contribution in [-0.4, -0.2) is 46.3 Å². The Labute approximate surface area is 263 Å². The van der Waals surface area contributed by atoms with Crippen LogP contribution in [0.2, 0.25) is 0 Å². The number of aromatic nitrogens is 3. The van der Waals surface area contributed by atoms with Crippen molar-refractivity contribution < 1.29 is 23.9 Å². The monoisotopic (exact) mass is 649 g/mol. The maximum absolute atomic E-state index is 14.0. The van der Waals surface area contributed by atoms with E-state index in [9.17, 15) is 24.5 Å². The molecule has 1 atom stereocenters. The van der Waals surface area contributed by atoms with Crippen molar-refractivity contribution in [2.75, 3.05) is 20.8 Å². The molecule has 1 N–H and O–H groups in total. The highest BCUT2D eigenvalue weighted by Crippen LogP contribution is 2.38. The number of carbonyl (C=O) groups excluding carboxylic acids is 1. The molecule has 0 aliphatic carbocycles. The van der Waals surface area contributed by atoms with Gasteiger partial charge in [0.2, 0.25) is 0 Å². The Balaban J connectivity index is 1.66. The molecule has 5 rings (SSSR count). The molecule has 0 spiro atoms. The maximum atomic E-state index is 14.0. The topological polar surface area (TPSA) is 168 Å². The van der Waals surface area contributed by atoms with Gasteiger partial charge < -0.3 is 19.2 Å². The van der Waals surface area contributed by atoms with Gasteiger partial charge in [0.05, 0.1) is 46.4 Å². The van der Waals surface area contributed by atoms with Gasteiger partial charge in [-0.25, -0.2) is 14.8 Å². The van der Waals surface area contributed by atoms with Crippen molar-refractivity contribution in [1.82, 2.24) is 14.5 Å². The van der Waals surface area contributed by atoms with Crippen LogP contribution in [0.4, 0.5) is 5.69 Å². The molecule has 2 aromatic heterocycles. The molecule has 15 heteroatoms. The predicted octanol–water partition coefficient (Wildman–Crippen LogP) is 3.27. The third-order valence-corrected chi connectivity index (χ3v) is 8.72. The molecule has 3 heterocycles. The van der Waals surface area contributed by atoms with Crippen molar-refractivity contribution in [3.63, 3.8) is 0 Å². The fourth-order valence-electron chi connectivity index (χ4n) is 4.85. The molecule has 232 valence electrons. The molecular formula is C30H27N5O8S2. The van der Waals surface area contributed by atoms with Gasteiger partial charge in [0.25, 0.3) is 16.8 Å². The standard InChI is InChI=1S/C30H27N5O8S2/c1-6-43-28(38)25-16(3)32-30-34(26(25)19-14-18(41-4)8-9-21(19)42-5)27(37)23(45-30)13-17-7-10-22(20(12-17)35(39)40)44-29-31-15(2)11-24(36)33-29/h7-14,26H,6H2,1-5H3,(H,31,33,36)/b23-13+/t26-/m1/s1. The summed E-state index contributed by atoms with van der Waals surface area (Å²) >= 11 is 2.03. The number of allylic oxidation sites excluding steroid dienone is 1. The summed E-state index contributed by atoms with van der Waals surface area (Å²) in [5, 5.41) is 12.2. The lowest BCUT2D eigenvalue weighted by atomic mass is 9.94. The van der Waals surface area contributed by atoms with Gasteiger partial charge in [0.1, 0.15) is 17.5 Å². The minimum atomic E-state index is -0.954. The molecule has 0 saturated carbocycles. The molecule has 0 unspecified atom stereocenters. The molecular weight excluding hydrogens is 622 g/mol. The van der Waals surface area contributed by atoms with Gasteiger partial charge in [-0.2, -0.15) is 0 Å². The highest BCUT2D eigenvalue weighted by Gasteiger charge is 2.35. The highest BCUT2D eigenvalue weighted by atomic mass is 32.2. The summed E-state index contributed by atoms with van der Waals surface area (Å²) < 4.78 is 18.0. The number of nitrogens with zero attached hydrogens (tertiary/aromatic N) is 4. The second-order valence-electron chi connectivity index (χ2n) is 9.69. The van der Waals surface area contributed by atoms with Gasteiger partial charge in [-0.15, -0.1) is 0 Å². The molecule has 0 fully saturated rings. The lowest BCUT2D eigenvalue weighted by molar-refractivity contribution is -0.387. The average molecular weight is 650 g/mol. The van der Waals surface area contributed by atoms with Crippen LogP contribution in [0.3, 0.4) is 0 Å². The van der Waals surface area contributed by atoms with Crippen LogP contribution in [0.1, 0.15) is 36.7 Å². The predicted molar refractivity (Wildman–Crippen MR) is 167 cm³/mol. The van der Waals surface area contributed by atoms with E-state index in [-0.39, 0.29) is 38.0 Å². The van der Waals surface area contributed by atoms with Crippen LogP contribution < -0.4 is 29.9 Å². The number of nitro benzene ring substituents is 1. The maximum Gasteiger partial charge on any atom is 0.338 e. The Kier molecular flexibility index (Phi) is 9.01. The second-order valence-corrected chi connectivity index (χ2v) is 11.7. The third-order valence-electron chi connectivity index (χ3n) is 6.78. The van der Waals surface area contributed by atoms with Gasteiger partial charge in [-0.3, -0.25) is 24.3 Å². The lowest BCUT2D eigenvalue weighted by Gasteiger charge is -2.26. The second kappa shape index (κ2) is 12.9. The Morgan fingerprint density at radius 3 is 2.60 bits per heavy atom. The number of thiazole rings is 1. The Morgan fingerprint density at radius 1 is 1.16 bits per heavy atom. The van der Waals surface area contributed by atoms with E-state index < -0.39 is 22.5 Å². The van der Waals surface area contributed by atoms with Crippen molar-refractivity contribution in [1.29, 1.82) is 0 Å². The van der Waals surface area contributed by atoms with E-state index in [1.54, 1.807) is 45.0 Å². The number of hydrogen-bond donors (Lipinski definition) is 1. The fraction of sp³-hybridized carbons (Fsp3) is 0.233. The zero-order chi connectivity index (χ0) is 32.4. The van der Waals surface area contributed by atoms with Crippen molar-refractivity contribution in [3.05, 3.63) is 111 Å². The largest absolute Gasteiger partial charge is 0.497 e. The number of benzene rings is 2. The molecule has 1 aliphatic heterocycles. The van der Waals surface area contributed by atoms with Crippen LogP contribution in [0.5, 0.6) is 11.5 Å². The zero-order valence-electron chi connectivity index (χ0n) is 24.8. The summed E-state index contributed by atoms with van der Waals surface area (Å²) in [7, 11) is 2.99. The number of esters is 1. The van der Waals surface area contributed by atoms with E-state index in [1.165, 1.54) is 43.1 Å².